The van der Waals surface area contributed by atoms with E-state index in [2.05, 4.69) is 10.3 Å². The zero-order chi connectivity index (χ0) is 9.84. The van der Waals surface area contributed by atoms with Crippen LogP contribution in [-0.2, 0) is 0 Å². The molecule has 0 saturated carbocycles. The number of H-pyrrole nitrogens is 1. The number of rotatable bonds is 3. The van der Waals surface area contributed by atoms with Gasteiger partial charge in [0, 0.05) is 24.5 Å². The molecular formula is C9H16ClN3O. The molecule has 0 aliphatic heterocycles. The minimum Gasteiger partial charge on any atom is -0.365 e. The van der Waals surface area contributed by atoms with E-state index < -0.39 is 0 Å². The summed E-state index contributed by atoms with van der Waals surface area (Å²) in [4.78, 5) is 14.5. The zero-order valence-electron chi connectivity index (χ0n) is 8.33. The predicted octanol–water partition coefficient (Wildman–Crippen LogP) is 0.822. The molecule has 1 amide bonds. The molecule has 0 radical (unpaired) electrons. The lowest BCUT2D eigenvalue weighted by molar-refractivity contribution is 0.0941. The number of nitrogens with two attached hydrogens (primary N) is 1. The molecule has 80 valence electrons. The van der Waals surface area contributed by atoms with Gasteiger partial charge in [0.15, 0.2) is 0 Å². The highest BCUT2D eigenvalue weighted by atomic mass is 35.5. The van der Waals surface area contributed by atoms with Gasteiger partial charge in [-0.2, -0.15) is 0 Å². The highest BCUT2D eigenvalue weighted by molar-refractivity contribution is 5.95. The number of carbonyl (C=O) groups excluding carboxylic acids is 1. The van der Waals surface area contributed by atoms with E-state index in [4.69, 9.17) is 5.73 Å². The first-order chi connectivity index (χ1) is 6.15. The Bertz CT molecular complexity index is 298. The third-order valence-corrected chi connectivity index (χ3v) is 1.93. The van der Waals surface area contributed by atoms with Gasteiger partial charge in [-0.25, -0.2) is 0 Å². The minimum absolute atomic E-state index is 0. The molecule has 4 nitrogen and oxygen atoms in total. The van der Waals surface area contributed by atoms with Crippen molar-refractivity contribution in [2.45, 2.75) is 19.9 Å². The monoisotopic (exact) mass is 217 g/mol. The Balaban J connectivity index is 0.00000169. The van der Waals surface area contributed by atoms with E-state index in [0.717, 1.165) is 5.69 Å². The number of nitrogens with one attached hydrogen (secondary N) is 2. The van der Waals surface area contributed by atoms with Crippen molar-refractivity contribution in [2.24, 2.45) is 5.73 Å². The van der Waals surface area contributed by atoms with Crippen LogP contribution in [0, 0.1) is 6.92 Å². The van der Waals surface area contributed by atoms with Gasteiger partial charge in [0.25, 0.3) is 5.91 Å². The van der Waals surface area contributed by atoms with Crippen molar-refractivity contribution in [2.75, 3.05) is 6.54 Å². The van der Waals surface area contributed by atoms with Crippen molar-refractivity contribution in [1.82, 2.24) is 10.3 Å². The molecular weight excluding hydrogens is 202 g/mol. The fourth-order valence-corrected chi connectivity index (χ4v) is 1.06. The molecule has 1 rings (SSSR count). The Labute approximate surface area is 89.7 Å². The number of hydrogen-bond donors (Lipinski definition) is 3. The van der Waals surface area contributed by atoms with Crippen LogP contribution in [0.4, 0.5) is 0 Å². The molecule has 14 heavy (non-hydrogen) atoms. The molecule has 0 saturated heterocycles. The Kier molecular flexibility index (Phi) is 5.27. The summed E-state index contributed by atoms with van der Waals surface area (Å²) < 4.78 is 0. The summed E-state index contributed by atoms with van der Waals surface area (Å²) in [5.41, 5.74) is 6.95. The Morgan fingerprint density at radius 2 is 2.36 bits per heavy atom. The van der Waals surface area contributed by atoms with Crippen LogP contribution in [0.1, 0.15) is 23.0 Å². The van der Waals surface area contributed by atoms with Crippen molar-refractivity contribution in [1.29, 1.82) is 0 Å². The van der Waals surface area contributed by atoms with E-state index >= 15 is 0 Å². The Morgan fingerprint density at radius 3 is 2.79 bits per heavy atom. The molecule has 5 heteroatoms. The molecule has 1 aromatic rings. The van der Waals surface area contributed by atoms with Gasteiger partial charge in [-0.05, 0) is 19.9 Å². The van der Waals surface area contributed by atoms with Gasteiger partial charge in [0.1, 0.15) is 0 Å². The summed E-state index contributed by atoms with van der Waals surface area (Å²) >= 11 is 0. The topological polar surface area (TPSA) is 70.9 Å². The molecule has 0 fully saturated rings. The maximum atomic E-state index is 11.5. The second-order valence-electron chi connectivity index (χ2n) is 3.13. The molecule has 0 spiro atoms. The molecule has 0 bridgehead atoms. The van der Waals surface area contributed by atoms with Crippen LogP contribution in [0.25, 0.3) is 0 Å². The number of aryl methyl sites for hydroxylation is 1. The Hall–Kier alpha value is -1.00. The van der Waals surface area contributed by atoms with Crippen LogP contribution in [0.15, 0.2) is 12.3 Å². The lowest BCUT2D eigenvalue weighted by atomic mass is 10.2. The van der Waals surface area contributed by atoms with Gasteiger partial charge in [0.05, 0.1) is 5.56 Å². The number of amides is 1. The van der Waals surface area contributed by atoms with E-state index in [0.29, 0.717) is 12.1 Å². The fraction of sp³-hybridized carbons (Fsp3) is 0.444. The average Bonchev–Trinajstić information content (AvgIpc) is 2.51. The van der Waals surface area contributed by atoms with E-state index in [-0.39, 0.29) is 24.4 Å². The number of aromatic amines is 1. The average molecular weight is 218 g/mol. The van der Waals surface area contributed by atoms with E-state index in [1.54, 1.807) is 12.3 Å². The van der Waals surface area contributed by atoms with Crippen LogP contribution in [-0.4, -0.2) is 23.5 Å². The summed E-state index contributed by atoms with van der Waals surface area (Å²) in [6.07, 6.45) is 1.75. The molecule has 1 heterocycles. The molecule has 1 atom stereocenters. The first kappa shape index (κ1) is 13.0. The van der Waals surface area contributed by atoms with Gasteiger partial charge < -0.3 is 16.0 Å². The normalized spacial score (nSPS) is 11.6. The molecule has 1 aromatic heterocycles. The summed E-state index contributed by atoms with van der Waals surface area (Å²) in [5.74, 6) is -0.0725. The molecule has 0 unspecified atom stereocenters. The molecule has 4 N–H and O–H groups in total. The van der Waals surface area contributed by atoms with Gasteiger partial charge in [-0.15, -0.1) is 12.4 Å². The fourth-order valence-electron chi connectivity index (χ4n) is 1.06. The summed E-state index contributed by atoms with van der Waals surface area (Å²) in [6.45, 7) is 4.19. The first-order valence-electron chi connectivity index (χ1n) is 4.30. The smallest absolute Gasteiger partial charge is 0.253 e. The van der Waals surface area contributed by atoms with Gasteiger partial charge in [0.2, 0.25) is 0 Å². The second-order valence-corrected chi connectivity index (χ2v) is 3.13. The highest BCUT2D eigenvalue weighted by Gasteiger charge is 2.10. The third-order valence-electron chi connectivity index (χ3n) is 1.93. The maximum Gasteiger partial charge on any atom is 0.253 e. The highest BCUT2D eigenvalue weighted by Crippen LogP contribution is 2.04. The summed E-state index contributed by atoms with van der Waals surface area (Å²) in [5, 5.41) is 2.79. The quantitative estimate of drug-likeness (QED) is 0.702. The van der Waals surface area contributed by atoms with Crippen molar-refractivity contribution in [3.63, 3.8) is 0 Å². The first-order valence-corrected chi connectivity index (χ1v) is 4.30. The van der Waals surface area contributed by atoms with E-state index in [1.165, 1.54) is 0 Å². The number of carbonyl (C=O) groups is 1. The lowest BCUT2D eigenvalue weighted by Crippen LogP contribution is -2.37. The maximum absolute atomic E-state index is 11.5. The molecule has 0 aliphatic rings. The molecule has 0 aromatic carbocycles. The zero-order valence-corrected chi connectivity index (χ0v) is 9.15. The van der Waals surface area contributed by atoms with Gasteiger partial charge in [-0.1, -0.05) is 0 Å². The van der Waals surface area contributed by atoms with Crippen LogP contribution in [0.2, 0.25) is 0 Å². The Morgan fingerprint density at radius 1 is 1.71 bits per heavy atom. The van der Waals surface area contributed by atoms with Crippen molar-refractivity contribution >= 4 is 18.3 Å². The van der Waals surface area contributed by atoms with Crippen LogP contribution >= 0.6 is 12.4 Å². The van der Waals surface area contributed by atoms with Crippen LogP contribution in [0.3, 0.4) is 0 Å². The number of hydrogen-bond acceptors (Lipinski definition) is 2. The minimum atomic E-state index is -0.0725. The van der Waals surface area contributed by atoms with Crippen molar-refractivity contribution in [3.8, 4) is 0 Å². The van der Waals surface area contributed by atoms with Gasteiger partial charge in [-0.3, -0.25) is 4.79 Å². The van der Waals surface area contributed by atoms with Crippen LogP contribution in [0.5, 0.6) is 0 Å². The van der Waals surface area contributed by atoms with E-state index in [9.17, 15) is 4.79 Å². The summed E-state index contributed by atoms with van der Waals surface area (Å²) in [7, 11) is 0. The third kappa shape index (κ3) is 3.05. The van der Waals surface area contributed by atoms with Crippen LogP contribution < -0.4 is 11.1 Å². The number of halogens is 1. The lowest BCUT2D eigenvalue weighted by Gasteiger charge is -2.10. The molecule has 0 aliphatic carbocycles. The standard InChI is InChI=1S/C9H15N3O.ClH/c1-6(5-10)12-9(13)8-3-4-11-7(8)2;/h3-4,6,11H,5,10H2,1-2H3,(H,12,13);1H/t6-;/m0./s1. The van der Waals surface area contributed by atoms with E-state index in [1.807, 2.05) is 13.8 Å². The van der Waals surface area contributed by atoms with Gasteiger partial charge >= 0.3 is 0 Å². The summed E-state index contributed by atoms with van der Waals surface area (Å²) in [6, 6.07) is 1.77. The largest absolute Gasteiger partial charge is 0.365 e. The second kappa shape index (κ2) is 5.67. The van der Waals surface area contributed by atoms with Crippen molar-refractivity contribution < 1.29 is 4.79 Å². The van der Waals surface area contributed by atoms with Crippen molar-refractivity contribution in [3.05, 3.63) is 23.5 Å². The predicted molar refractivity (Wildman–Crippen MR) is 58.8 cm³/mol. The SMILES string of the molecule is Cc1[nH]ccc1C(=O)N[C@@H](C)CN.Cl. The number of aromatic nitrogens is 1.